The van der Waals surface area contributed by atoms with Crippen LogP contribution in [0.1, 0.15) is 0 Å². The zero-order valence-electron chi connectivity index (χ0n) is 5.98. The van der Waals surface area contributed by atoms with Crippen LogP contribution in [0.3, 0.4) is 0 Å². The van der Waals surface area contributed by atoms with Crippen LogP contribution in [0.4, 0.5) is 0 Å². The molecule has 0 aliphatic rings. The van der Waals surface area contributed by atoms with E-state index in [9.17, 15) is 0 Å². The number of aromatic nitrogens is 4. The minimum atomic E-state index is 0.558. The highest BCUT2D eigenvalue weighted by molar-refractivity contribution is 9.10. The minimum absolute atomic E-state index is 0.558. The molecule has 1 aromatic heterocycles. The minimum Gasteiger partial charge on any atom is -0.330 e. The maximum atomic E-state index is 3.73. The number of halogens is 1. The van der Waals surface area contributed by atoms with Crippen molar-refractivity contribution in [3.05, 3.63) is 28.7 Å². The maximum Gasteiger partial charge on any atom is 0.0397 e. The Morgan fingerprint density at radius 1 is 1.17 bits per heavy atom. The van der Waals surface area contributed by atoms with Crippen molar-refractivity contribution in [2.45, 2.75) is 0 Å². The van der Waals surface area contributed by atoms with E-state index in [4.69, 9.17) is 0 Å². The van der Waals surface area contributed by atoms with Gasteiger partial charge in [-0.15, -0.1) is 0 Å². The molecule has 0 saturated heterocycles. The van der Waals surface area contributed by atoms with Crippen LogP contribution in [0.5, 0.6) is 0 Å². The van der Waals surface area contributed by atoms with E-state index in [0.29, 0.717) is 5.82 Å². The van der Waals surface area contributed by atoms with E-state index in [1.165, 1.54) is 0 Å². The molecule has 5 heteroatoms. The van der Waals surface area contributed by atoms with E-state index >= 15 is 0 Å². The lowest BCUT2D eigenvalue weighted by Crippen LogP contribution is -1.81. The molecule has 1 heterocycles. The van der Waals surface area contributed by atoms with Crippen LogP contribution in [-0.4, -0.2) is 15.5 Å². The molecule has 0 amide bonds. The Morgan fingerprint density at radius 3 is 2.50 bits per heavy atom. The van der Waals surface area contributed by atoms with Gasteiger partial charge in [0, 0.05) is 10.3 Å². The SMILES string of the molecule is Brc1ccc(-c2nnn[n-]2)cc1. The average Bonchev–Trinajstić information content (AvgIpc) is 2.58. The number of nitrogens with zero attached hydrogens (tertiary/aromatic N) is 4. The van der Waals surface area contributed by atoms with E-state index in [-0.39, 0.29) is 0 Å². The quantitative estimate of drug-likeness (QED) is 0.731. The maximum absolute atomic E-state index is 3.73. The van der Waals surface area contributed by atoms with Crippen molar-refractivity contribution in [1.82, 2.24) is 20.6 Å². The van der Waals surface area contributed by atoms with Crippen molar-refractivity contribution in [2.24, 2.45) is 0 Å². The topological polar surface area (TPSA) is 52.8 Å². The van der Waals surface area contributed by atoms with Crippen LogP contribution in [0.15, 0.2) is 28.7 Å². The molecule has 1 aromatic carbocycles. The molecule has 4 nitrogen and oxygen atoms in total. The summed E-state index contributed by atoms with van der Waals surface area (Å²) in [6, 6.07) is 7.66. The molecule has 0 aliphatic carbocycles. The van der Waals surface area contributed by atoms with E-state index in [2.05, 4.69) is 36.6 Å². The lowest BCUT2D eigenvalue weighted by Gasteiger charge is -1.98. The second-order valence-corrected chi connectivity index (χ2v) is 3.13. The van der Waals surface area contributed by atoms with Crippen LogP contribution in [0.2, 0.25) is 0 Å². The van der Waals surface area contributed by atoms with E-state index in [1.54, 1.807) is 0 Å². The van der Waals surface area contributed by atoms with E-state index < -0.39 is 0 Å². The molecule has 0 saturated carbocycles. The van der Waals surface area contributed by atoms with Gasteiger partial charge >= 0.3 is 0 Å². The van der Waals surface area contributed by atoms with Gasteiger partial charge in [-0.25, -0.2) is 0 Å². The lowest BCUT2D eigenvalue weighted by atomic mass is 10.2. The fourth-order valence-corrected chi connectivity index (χ4v) is 1.12. The highest BCUT2D eigenvalue weighted by atomic mass is 79.9. The Labute approximate surface area is 77.1 Å². The number of rotatable bonds is 1. The standard InChI is InChI=1S/C7H4BrN4/c8-6-3-1-5(2-4-6)7-9-11-12-10-7/h1-4H/q-1. The van der Waals surface area contributed by atoms with Gasteiger partial charge in [0.05, 0.1) is 0 Å². The Balaban J connectivity index is 2.43. The van der Waals surface area contributed by atoms with Crippen molar-refractivity contribution in [1.29, 1.82) is 0 Å². The van der Waals surface area contributed by atoms with Crippen LogP contribution in [0, 0.1) is 0 Å². The Bertz CT molecular complexity index is 353. The average molecular weight is 224 g/mol. The molecular weight excluding hydrogens is 220 g/mol. The summed E-state index contributed by atoms with van der Waals surface area (Å²) in [5, 5.41) is 14.3. The number of hydrogen-bond donors (Lipinski definition) is 0. The fraction of sp³-hybridized carbons (Fsp3) is 0. The number of tetrazole rings is 1. The zero-order chi connectivity index (χ0) is 8.39. The zero-order valence-corrected chi connectivity index (χ0v) is 7.56. The summed E-state index contributed by atoms with van der Waals surface area (Å²) in [6.07, 6.45) is 0. The molecule has 0 aliphatic heterocycles. The van der Waals surface area contributed by atoms with Crippen molar-refractivity contribution in [2.75, 3.05) is 0 Å². The van der Waals surface area contributed by atoms with Gasteiger partial charge in [-0.2, -0.15) is 5.21 Å². The van der Waals surface area contributed by atoms with Crippen LogP contribution < -0.4 is 5.10 Å². The molecule has 2 rings (SSSR count). The van der Waals surface area contributed by atoms with Crippen molar-refractivity contribution < 1.29 is 0 Å². The molecular formula is C7H4BrN4-. The summed E-state index contributed by atoms with van der Waals surface area (Å²) in [5.74, 6) is 0.558. The predicted octanol–water partition coefficient (Wildman–Crippen LogP) is 1.26. The van der Waals surface area contributed by atoms with Crippen LogP contribution in [-0.2, 0) is 0 Å². The van der Waals surface area contributed by atoms with Crippen LogP contribution in [0.25, 0.3) is 11.4 Å². The highest BCUT2D eigenvalue weighted by Gasteiger charge is 1.92. The van der Waals surface area contributed by atoms with Crippen LogP contribution >= 0.6 is 15.9 Å². The molecule has 12 heavy (non-hydrogen) atoms. The second-order valence-electron chi connectivity index (χ2n) is 2.21. The molecule has 60 valence electrons. The Kier molecular flexibility index (Phi) is 1.87. The third-order valence-corrected chi connectivity index (χ3v) is 1.95. The third-order valence-electron chi connectivity index (χ3n) is 1.42. The monoisotopic (exact) mass is 223 g/mol. The summed E-state index contributed by atoms with van der Waals surface area (Å²) >= 11 is 3.34. The summed E-state index contributed by atoms with van der Waals surface area (Å²) < 4.78 is 1.03. The summed E-state index contributed by atoms with van der Waals surface area (Å²) in [7, 11) is 0. The van der Waals surface area contributed by atoms with Gasteiger partial charge in [-0.1, -0.05) is 28.1 Å². The number of benzene rings is 1. The normalized spacial score (nSPS) is 10.1. The Morgan fingerprint density at radius 2 is 1.92 bits per heavy atom. The molecule has 0 unspecified atom stereocenters. The highest BCUT2D eigenvalue weighted by Crippen LogP contribution is 2.16. The van der Waals surface area contributed by atoms with E-state index in [1.807, 2.05) is 24.3 Å². The Hall–Kier alpha value is -1.23. The molecule has 2 aromatic rings. The summed E-state index contributed by atoms with van der Waals surface area (Å²) in [6.45, 7) is 0. The third kappa shape index (κ3) is 1.35. The van der Waals surface area contributed by atoms with Gasteiger partial charge in [0.2, 0.25) is 0 Å². The number of hydrogen-bond acceptors (Lipinski definition) is 3. The van der Waals surface area contributed by atoms with Crippen molar-refractivity contribution in [3.8, 4) is 11.4 Å². The first-order valence-electron chi connectivity index (χ1n) is 3.31. The van der Waals surface area contributed by atoms with Crippen molar-refractivity contribution >= 4 is 15.9 Å². The van der Waals surface area contributed by atoms with Gasteiger partial charge in [0.25, 0.3) is 0 Å². The fourth-order valence-electron chi connectivity index (χ4n) is 0.859. The molecule has 0 spiro atoms. The van der Waals surface area contributed by atoms with Gasteiger partial charge in [-0.3, -0.25) is 10.3 Å². The first kappa shape index (κ1) is 7.42. The summed E-state index contributed by atoms with van der Waals surface area (Å²) in [4.78, 5) is 0. The van der Waals surface area contributed by atoms with Gasteiger partial charge in [0.15, 0.2) is 0 Å². The molecule has 0 bridgehead atoms. The first-order valence-corrected chi connectivity index (χ1v) is 4.10. The summed E-state index contributed by atoms with van der Waals surface area (Å²) in [5.41, 5.74) is 0.920. The molecule has 0 N–H and O–H groups in total. The molecule has 0 atom stereocenters. The van der Waals surface area contributed by atoms with Gasteiger partial charge in [-0.05, 0) is 17.7 Å². The smallest absolute Gasteiger partial charge is 0.0397 e. The lowest BCUT2D eigenvalue weighted by molar-refractivity contribution is 0.871. The second kappa shape index (κ2) is 3.02. The van der Waals surface area contributed by atoms with Gasteiger partial charge < -0.3 is 5.10 Å². The first-order chi connectivity index (χ1) is 5.86. The van der Waals surface area contributed by atoms with Gasteiger partial charge in [0.1, 0.15) is 0 Å². The molecule has 0 radical (unpaired) electrons. The largest absolute Gasteiger partial charge is 0.330 e. The van der Waals surface area contributed by atoms with Crippen molar-refractivity contribution in [3.63, 3.8) is 0 Å². The molecule has 0 fully saturated rings. The predicted molar refractivity (Wildman–Crippen MR) is 46.3 cm³/mol. The van der Waals surface area contributed by atoms with E-state index in [0.717, 1.165) is 10.0 Å².